The van der Waals surface area contributed by atoms with Gasteiger partial charge in [-0.3, -0.25) is 5.32 Å². The normalized spacial score (nSPS) is 23.5. The summed E-state index contributed by atoms with van der Waals surface area (Å²) in [7, 11) is 0. The molecule has 1 aliphatic carbocycles. The van der Waals surface area contributed by atoms with Gasteiger partial charge < -0.3 is 9.64 Å². The van der Waals surface area contributed by atoms with Crippen LogP contribution in [0.2, 0.25) is 0 Å². The molecule has 0 bridgehead atoms. The summed E-state index contributed by atoms with van der Waals surface area (Å²) in [6.07, 6.45) is 6.61. The number of morpholine rings is 1. The first-order valence-electron chi connectivity index (χ1n) is 7.67. The average Bonchev–Trinajstić information content (AvgIpc) is 2.95. The second kappa shape index (κ2) is 4.95. The maximum absolute atomic E-state index is 12.7. The van der Waals surface area contributed by atoms with Crippen LogP contribution < -0.4 is 5.32 Å². The average molecular weight is 301 g/mol. The number of ether oxygens (including phenoxy) is 1. The standard InChI is InChI=1S/C15H19N5O2/c1-11-9-22-15(5-2-6-15)10-19(11)14(21)18-13-3-7-16-12-4-8-17-20(12)13/h3-4,7-8,11H,2,5-6,9-10H2,1H3,(H,18,21). The molecular weight excluding hydrogens is 282 g/mol. The number of fused-ring (bicyclic) bond motifs is 1. The Hall–Kier alpha value is -2.15. The first-order valence-corrected chi connectivity index (χ1v) is 7.67. The van der Waals surface area contributed by atoms with Crippen molar-refractivity contribution in [1.82, 2.24) is 19.5 Å². The number of anilines is 1. The van der Waals surface area contributed by atoms with Gasteiger partial charge in [-0.15, -0.1) is 0 Å². The van der Waals surface area contributed by atoms with Crippen LogP contribution in [-0.4, -0.2) is 50.3 Å². The van der Waals surface area contributed by atoms with Crippen LogP contribution >= 0.6 is 0 Å². The number of carbonyl (C=O) groups excluding carboxylic acids is 1. The number of hydrogen-bond donors (Lipinski definition) is 1. The van der Waals surface area contributed by atoms with Crippen molar-refractivity contribution in [3.05, 3.63) is 24.5 Å². The van der Waals surface area contributed by atoms with E-state index in [2.05, 4.69) is 15.4 Å². The third-order valence-electron chi connectivity index (χ3n) is 4.67. The van der Waals surface area contributed by atoms with Gasteiger partial charge in [0.1, 0.15) is 5.82 Å². The Bertz CT molecular complexity index is 709. The number of carbonyl (C=O) groups is 1. The van der Waals surface area contributed by atoms with Crippen molar-refractivity contribution in [1.29, 1.82) is 0 Å². The summed E-state index contributed by atoms with van der Waals surface area (Å²) in [6, 6.07) is 3.52. The molecule has 2 aliphatic rings. The van der Waals surface area contributed by atoms with Gasteiger partial charge in [0, 0.05) is 12.3 Å². The topological polar surface area (TPSA) is 71.8 Å². The zero-order valence-corrected chi connectivity index (χ0v) is 12.5. The van der Waals surface area contributed by atoms with Crippen molar-refractivity contribution in [2.45, 2.75) is 37.8 Å². The van der Waals surface area contributed by atoms with Gasteiger partial charge in [-0.25, -0.2) is 9.78 Å². The van der Waals surface area contributed by atoms with E-state index >= 15 is 0 Å². The number of aromatic nitrogens is 3. The van der Waals surface area contributed by atoms with Crippen molar-refractivity contribution in [3.63, 3.8) is 0 Å². The number of urea groups is 1. The number of amides is 2. The molecule has 7 heteroatoms. The lowest BCUT2D eigenvalue weighted by Crippen LogP contribution is -2.61. The van der Waals surface area contributed by atoms with Gasteiger partial charge >= 0.3 is 6.03 Å². The molecule has 0 aromatic carbocycles. The van der Waals surface area contributed by atoms with Crippen LogP contribution in [0.4, 0.5) is 10.6 Å². The Morgan fingerprint density at radius 2 is 2.27 bits per heavy atom. The first kappa shape index (κ1) is 13.5. The van der Waals surface area contributed by atoms with Gasteiger partial charge in [-0.1, -0.05) is 0 Å². The summed E-state index contributed by atoms with van der Waals surface area (Å²) in [5, 5.41) is 7.14. The maximum Gasteiger partial charge on any atom is 0.323 e. The molecule has 1 unspecified atom stereocenters. The van der Waals surface area contributed by atoms with Crippen molar-refractivity contribution in [2.75, 3.05) is 18.5 Å². The molecule has 4 rings (SSSR count). The van der Waals surface area contributed by atoms with Gasteiger partial charge in [0.25, 0.3) is 0 Å². The van der Waals surface area contributed by atoms with E-state index in [1.54, 1.807) is 29.0 Å². The second-order valence-electron chi connectivity index (χ2n) is 6.19. The van der Waals surface area contributed by atoms with Crippen LogP contribution in [0, 0.1) is 0 Å². The van der Waals surface area contributed by atoms with Crippen LogP contribution in [0.1, 0.15) is 26.2 Å². The number of rotatable bonds is 1. The molecule has 2 fully saturated rings. The molecule has 0 radical (unpaired) electrons. The molecule has 1 N–H and O–H groups in total. The summed E-state index contributed by atoms with van der Waals surface area (Å²) in [4.78, 5) is 18.7. The van der Waals surface area contributed by atoms with Gasteiger partial charge in [-0.05, 0) is 32.3 Å². The van der Waals surface area contributed by atoms with E-state index < -0.39 is 0 Å². The van der Waals surface area contributed by atoms with Crippen molar-refractivity contribution < 1.29 is 9.53 Å². The molecular formula is C15H19N5O2. The Labute approximate surface area is 128 Å². The summed E-state index contributed by atoms with van der Waals surface area (Å²) < 4.78 is 7.58. The van der Waals surface area contributed by atoms with Gasteiger partial charge in [0.2, 0.25) is 0 Å². The van der Waals surface area contributed by atoms with Gasteiger partial charge in [-0.2, -0.15) is 9.61 Å². The Kier molecular flexibility index (Phi) is 3.04. The molecule has 7 nitrogen and oxygen atoms in total. The largest absolute Gasteiger partial charge is 0.371 e. The molecule has 1 aliphatic heterocycles. The van der Waals surface area contributed by atoms with Gasteiger partial charge in [0.15, 0.2) is 5.65 Å². The number of hydrogen-bond acceptors (Lipinski definition) is 4. The predicted octanol–water partition coefficient (Wildman–Crippen LogP) is 1.90. The minimum absolute atomic E-state index is 0.0705. The highest BCUT2D eigenvalue weighted by Gasteiger charge is 2.45. The maximum atomic E-state index is 12.7. The fourth-order valence-electron chi connectivity index (χ4n) is 3.16. The molecule has 1 spiro atoms. The van der Waals surface area contributed by atoms with E-state index in [1.165, 1.54) is 6.42 Å². The van der Waals surface area contributed by atoms with E-state index in [0.29, 0.717) is 24.6 Å². The van der Waals surface area contributed by atoms with E-state index in [4.69, 9.17) is 4.74 Å². The Morgan fingerprint density at radius 3 is 3.05 bits per heavy atom. The third kappa shape index (κ3) is 2.12. The second-order valence-corrected chi connectivity index (χ2v) is 6.19. The lowest BCUT2D eigenvalue weighted by Gasteiger charge is -2.50. The number of nitrogens with zero attached hydrogens (tertiary/aromatic N) is 4. The highest BCUT2D eigenvalue weighted by Crippen LogP contribution is 2.39. The monoisotopic (exact) mass is 301 g/mol. The predicted molar refractivity (Wildman–Crippen MR) is 80.7 cm³/mol. The van der Waals surface area contributed by atoms with E-state index in [1.807, 2.05) is 11.8 Å². The fourth-order valence-corrected chi connectivity index (χ4v) is 3.16. The minimum Gasteiger partial charge on any atom is -0.371 e. The van der Waals surface area contributed by atoms with Crippen molar-refractivity contribution in [2.24, 2.45) is 0 Å². The lowest BCUT2D eigenvalue weighted by molar-refractivity contribution is -0.156. The molecule has 2 aromatic rings. The van der Waals surface area contributed by atoms with E-state index in [9.17, 15) is 4.79 Å². The molecule has 2 amide bonds. The van der Waals surface area contributed by atoms with Gasteiger partial charge in [0.05, 0.1) is 31.0 Å². The molecule has 1 saturated carbocycles. The summed E-state index contributed by atoms with van der Waals surface area (Å²) in [6.45, 7) is 3.27. The number of nitrogens with one attached hydrogen (secondary N) is 1. The van der Waals surface area contributed by atoms with E-state index in [0.717, 1.165) is 12.8 Å². The van der Waals surface area contributed by atoms with Crippen LogP contribution in [0.3, 0.4) is 0 Å². The summed E-state index contributed by atoms with van der Waals surface area (Å²) >= 11 is 0. The minimum atomic E-state index is -0.108. The molecule has 22 heavy (non-hydrogen) atoms. The van der Waals surface area contributed by atoms with Crippen LogP contribution in [0.15, 0.2) is 24.5 Å². The smallest absolute Gasteiger partial charge is 0.323 e. The summed E-state index contributed by atoms with van der Waals surface area (Å²) in [5.41, 5.74) is 0.603. The Balaban J connectivity index is 1.54. The lowest BCUT2D eigenvalue weighted by atomic mass is 9.78. The van der Waals surface area contributed by atoms with Crippen LogP contribution in [-0.2, 0) is 4.74 Å². The van der Waals surface area contributed by atoms with Crippen molar-refractivity contribution in [3.8, 4) is 0 Å². The highest BCUT2D eigenvalue weighted by molar-refractivity contribution is 5.89. The summed E-state index contributed by atoms with van der Waals surface area (Å²) in [5.74, 6) is 0.626. The molecule has 2 aromatic heterocycles. The Morgan fingerprint density at radius 1 is 1.41 bits per heavy atom. The molecule has 1 saturated heterocycles. The quantitative estimate of drug-likeness (QED) is 0.873. The molecule has 3 heterocycles. The third-order valence-corrected chi connectivity index (χ3v) is 4.67. The van der Waals surface area contributed by atoms with Crippen LogP contribution in [0.5, 0.6) is 0 Å². The fraction of sp³-hybridized carbons (Fsp3) is 0.533. The van der Waals surface area contributed by atoms with Crippen molar-refractivity contribution >= 4 is 17.5 Å². The van der Waals surface area contributed by atoms with Crippen LogP contribution in [0.25, 0.3) is 5.65 Å². The molecule has 1 atom stereocenters. The van der Waals surface area contributed by atoms with E-state index in [-0.39, 0.29) is 17.7 Å². The zero-order chi connectivity index (χ0) is 15.2. The molecule has 116 valence electrons. The SMILES string of the molecule is CC1COC2(CCC2)CN1C(=O)Nc1ccnc2ccnn12. The highest BCUT2D eigenvalue weighted by atomic mass is 16.5. The first-order chi connectivity index (χ1) is 10.7. The zero-order valence-electron chi connectivity index (χ0n) is 12.5.